The molecule has 3 aromatic rings. The van der Waals surface area contributed by atoms with E-state index in [-0.39, 0.29) is 6.61 Å². The Bertz CT molecular complexity index is 1040. The molecular formula is C20H18N2O4. The van der Waals surface area contributed by atoms with E-state index in [1.54, 1.807) is 31.2 Å². The lowest BCUT2D eigenvalue weighted by Gasteiger charge is -2.06. The summed E-state index contributed by atoms with van der Waals surface area (Å²) in [5.74, 6) is 0.187. The summed E-state index contributed by atoms with van der Waals surface area (Å²) < 4.78 is 10.7. The minimum Gasteiger partial charge on any atom is -0.484 e. The maximum Gasteiger partial charge on any atom is 0.345 e. The number of amides is 1. The Hall–Kier alpha value is -3.41. The van der Waals surface area contributed by atoms with E-state index in [1.165, 1.54) is 0 Å². The van der Waals surface area contributed by atoms with Crippen molar-refractivity contribution in [2.75, 3.05) is 6.61 Å². The van der Waals surface area contributed by atoms with Crippen molar-refractivity contribution in [3.05, 3.63) is 76.1 Å². The molecule has 2 aromatic carbocycles. The molecule has 0 bridgehead atoms. The van der Waals surface area contributed by atoms with Crippen molar-refractivity contribution in [2.24, 2.45) is 5.10 Å². The van der Waals surface area contributed by atoms with Gasteiger partial charge in [-0.3, -0.25) is 4.79 Å². The first-order valence-electron chi connectivity index (χ1n) is 8.09. The smallest absolute Gasteiger partial charge is 0.345 e. The van der Waals surface area contributed by atoms with Crippen molar-refractivity contribution in [3.63, 3.8) is 0 Å². The quantitative estimate of drug-likeness (QED) is 0.436. The van der Waals surface area contributed by atoms with Gasteiger partial charge in [0.05, 0.1) is 11.3 Å². The van der Waals surface area contributed by atoms with Crippen LogP contribution >= 0.6 is 0 Å². The number of hydrazone groups is 1. The minimum absolute atomic E-state index is 0.174. The third-order valence-electron chi connectivity index (χ3n) is 3.74. The van der Waals surface area contributed by atoms with Gasteiger partial charge in [-0.25, -0.2) is 10.2 Å². The first kappa shape index (κ1) is 17.4. The number of hydrogen-bond acceptors (Lipinski definition) is 5. The molecule has 0 spiro atoms. The van der Waals surface area contributed by atoms with Crippen LogP contribution in [-0.2, 0) is 4.79 Å². The number of para-hydroxylation sites is 1. The molecule has 0 radical (unpaired) electrons. The number of nitrogens with zero attached hydrogens (tertiary/aromatic N) is 1. The number of carbonyl (C=O) groups excluding carboxylic acids is 1. The van der Waals surface area contributed by atoms with Gasteiger partial charge in [0.15, 0.2) is 6.61 Å². The highest BCUT2D eigenvalue weighted by atomic mass is 16.5. The molecule has 1 amide bonds. The number of rotatable bonds is 5. The van der Waals surface area contributed by atoms with Crippen molar-refractivity contribution in [2.45, 2.75) is 13.8 Å². The van der Waals surface area contributed by atoms with Gasteiger partial charge in [0.25, 0.3) is 5.91 Å². The third-order valence-corrected chi connectivity index (χ3v) is 3.74. The van der Waals surface area contributed by atoms with Crippen LogP contribution in [-0.4, -0.2) is 18.2 Å². The standard InChI is InChI=1S/C20H18N2O4/c1-13-6-5-8-16(10-13)25-12-19(23)22-21-14(2)17-11-15-7-3-4-9-18(15)26-20(17)24/h3-11H,12H2,1-2H3,(H,22,23)/b21-14-. The van der Waals surface area contributed by atoms with Crippen LogP contribution in [0.15, 0.2) is 68.9 Å². The van der Waals surface area contributed by atoms with E-state index in [1.807, 2.05) is 37.3 Å². The number of nitrogens with one attached hydrogen (secondary N) is 1. The summed E-state index contributed by atoms with van der Waals surface area (Å²) in [5, 5.41) is 4.75. The first-order valence-corrected chi connectivity index (χ1v) is 8.09. The summed E-state index contributed by atoms with van der Waals surface area (Å²) in [6.45, 7) is 3.39. The van der Waals surface area contributed by atoms with Crippen LogP contribution in [0.5, 0.6) is 5.75 Å². The maximum atomic E-state index is 12.1. The van der Waals surface area contributed by atoms with Gasteiger partial charge >= 0.3 is 5.63 Å². The number of hydrogen-bond donors (Lipinski definition) is 1. The Morgan fingerprint density at radius 3 is 2.77 bits per heavy atom. The van der Waals surface area contributed by atoms with Crippen LogP contribution in [0.3, 0.4) is 0 Å². The average molecular weight is 350 g/mol. The Kier molecular flexibility index (Phi) is 5.12. The monoisotopic (exact) mass is 350 g/mol. The lowest BCUT2D eigenvalue weighted by Crippen LogP contribution is -2.26. The van der Waals surface area contributed by atoms with Crippen LogP contribution in [0.2, 0.25) is 0 Å². The van der Waals surface area contributed by atoms with Crippen LogP contribution in [0, 0.1) is 6.92 Å². The summed E-state index contributed by atoms with van der Waals surface area (Å²) in [6, 6.07) is 16.3. The van der Waals surface area contributed by atoms with Gasteiger partial charge in [-0.2, -0.15) is 5.10 Å². The molecule has 0 aliphatic heterocycles. The van der Waals surface area contributed by atoms with E-state index in [9.17, 15) is 9.59 Å². The predicted octanol–water partition coefficient (Wildman–Crippen LogP) is 3.02. The summed E-state index contributed by atoms with van der Waals surface area (Å²) in [7, 11) is 0. The highest BCUT2D eigenvalue weighted by molar-refractivity contribution is 6.00. The van der Waals surface area contributed by atoms with Crippen LogP contribution in [0.25, 0.3) is 11.0 Å². The molecule has 132 valence electrons. The van der Waals surface area contributed by atoms with E-state index in [0.29, 0.717) is 22.6 Å². The van der Waals surface area contributed by atoms with E-state index >= 15 is 0 Å². The predicted molar refractivity (Wildman–Crippen MR) is 99.5 cm³/mol. The zero-order chi connectivity index (χ0) is 18.5. The summed E-state index contributed by atoms with van der Waals surface area (Å²) in [5.41, 5.74) is 4.08. The van der Waals surface area contributed by atoms with Crippen LogP contribution in [0.1, 0.15) is 18.1 Å². The highest BCUT2D eigenvalue weighted by Crippen LogP contribution is 2.13. The van der Waals surface area contributed by atoms with Gasteiger partial charge in [0, 0.05) is 5.39 Å². The third kappa shape index (κ3) is 4.16. The molecule has 0 atom stereocenters. The van der Waals surface area contributed by atoms with Crippen LogP contribution < -0.4 is 15.8 Å². The summed E-state index contributed by atoms with van der Waals surface area (Å²) >= 11 is 0. The zero-order valence-corrected chi connectivity index (χ0v) is 14.5. The van der Waals surface area contributed by atoms with Crippen molar-refractivity contribution >= 4 is 22.6 Å². The van der Waals surface area contributed by atoms with Gasteiger partial charge in [0.2, 0.25) is 0 Å². The van der Waals surface area contributed by atoms with Crippen molar-refractivity contribution < 1.29 is 13.9 Å². The van der Waals surface area contributed by atoms with Gasteiger partial charge in [-0.05, 0) is 43.7 Å². The molecule has 0 fully saturated rings. The number of fused-ring (bicyclic) bond motifs is 1. The van der Waals surface area contributed by atoms with Crippen molar-refractivity contribution in [3.8, 4) is 5.75 Å². The minimum atomic E-state index is -0.504. The van der Waals surface area contributed by atoms with Crippen LogP contribution in [0.4, 0.5) is 0 Å². The SMILES string of the molecule is C/C(=N/NC(=O)COc1cccc(C)c1)c1cc2ccccc2oc1=O. The summed E-state index contributed by atoms with van der Waals surface area (Å²) in [6.07, 6.45) is 0. The molecule has 0 aliphatic carbocycles. The Balaban J connectivity index is 1.67. The van der Waals surface area contributed by atoms with E-state index < -0.39 is 11.5 Å². The maximum absolute atomic E-state index is 12.1. The summed E-state index contributed by atoms with van der Waals surface area (Å²) in [4.78, 5) is 24.0. The molecule has 6 heteroatoms. The van der Waals surface area contributed by atoms with E-state index in [2.05, 4.69) is 10.5 Å². The number of carbonyl (C=O) groups is 1. The number of ether oxygens (including phenoxy) is 1. The van der Waals surface area contributed by atoms with E-state index in [0.717, 1.165) is 10.9 Å². The molecule has 0 saturated carbocycles. The molecule has 0 aliphatic rings. The zero-order valence-electron chi connectivity index (χ0n) is 14.5. The highest BCUT2D eigenvalue weighted by Gasteiger charge is 2.09. The molecular weight excluding hydrogens is 332 g/mol. The Labute approximate surface area is 150 Å². The largest absolute Gasteiger partial charge is 0.484 e. The molecule has 1 aromatic heterocycles. The second kappa shape index (κ2) is 7.65. The fourth-order valence-corrected chi connectivity index (χ4v) is 2.41. The lowest BCUT2D eigenvalue weighted by molar-refractivity contribution is -0.123. The fourth-order valence-electron chi connectivity index (χ4n) is 2.41. The normalized spacial score (nSPS) is 11.4. The number of benzene rings is 2. The second-order valence-electron chi connectivity index (χ2n) is 5.82. The molecule has 3 rings (SSSR count). The molecule has 1 heterocycles. The Morgan fingerprint density at radius 1 is 1.15 bits per heavy atom. The molecule has 0 unspecified atom stereocenters. The molecule has 1 N–H and O–H groups in total. The van der Waals surface area contributed by atoms with E-state index in [4.69, 9.17) is 9.15 Å². The average Bonchev–Trinajstić information content (AvgIpc) is 2.64. The first-order chi connectivity index (χ1) is 12.5. The fraction of sp³-hybridized carbons (Fsp3) is 0.150. The van der Waals surface area contributed by atoms with Crippen molar-refractivity contribution in [1.29, 1.82) is 0 Å². The van der Waals surface area contributed by atoms with Gasteiger partial charge in [0.1, 0.15) is 11.3 Å². The van der Waals surface area contributed by atoms with Gasteiger partial charge in [-0.1, -0.05) is 30.3 Å². The molecule has 26 heavy (non-hydrogen) atoms. The van der Waals surface area contributed by atoms with Crippen molar-refractivity contribution in [1.82, 2.24) is 5.43 Å². The van der Waals surface area contributed by atoms with Gasteiger partial charge in [-0.15, -0.1) is 0 Å². The second-order valence-corrected chi connectivity index (χ2v) is 5.82. The number of aryl methyl sites for hydroxylation is 1. The topological polar surface area (TPSA) is 80.9 Å². The molecule has 6 nitrogen and oxygen atoms in total. The Morgan fingerprint density at radius 2 is 1.96 bits per heavy atom. The lowest BCUT2D eigenvalue weighted by atomic mass is 10.1. The van der Waals surface area contributed by atoms with Gasteiger partial charge < -0.3 is 9.15 Å². The molecule has 0 saturated heterocycles.